The molecule has 0 atom stereocenters. The molecule has 0 amide bonds. The molecule has 0 saturated carbocycles. The van der Waals surface area contributed by atoms with E-state index in [1.165, 1.54) is 0 Å². The van der Waals surface area contributed by atoms with Crippen molar-refractivity contribution in [2.45, 2.75) is 6.92 Å². The van der Waals surface area contributed by atoms with Gasteiger partial charge in [-0.2, -0.15) is 0 Å². The Morgan fingerprint density at radius 3 is 2.36 bits per heavy atom. The Bertz CT molecular complexity index is 238. The van der Waals surface area contributed by atoms with Crippen LogP contribution in [-0.2, 0) is 9.53 Å². The predicted molar refractivity (Wildman–Crippen MR) is 55.0 cm³/mol. The normalized spacial score (nSPS) is 7.79. The molecule has 1 aromatic rings. The number of benzene rings is 1. The lowest BCUT2D eigenvalue weighted by molar-refractivity contribution is -0.123. The Labute approximate surface area is 84.0 Å². The highest BCUT2D eigenvalue weighted by Crippen LogP contribution is 2.06. The zero-order valence-electron chi connectivity index (χ0n) is 8.18. The van der Waals surface area contributed by atoms with Crippen LogP contribution in [-0.4, -0.2) is 13.1 Å². The van der Waals surface area contributed by atoms with E-state index in [1.807, 2.05) is 37.3 Å². The molecule has 0 heterocycles. The average molecular weight is 194 g/mol. The summed E-state index contributed by atoms with van der Waals surface area (Å²) in [4.78, 5) is 9.11. The molecule has 3 nitrogen and oxygen atoms in total. The van der Waals surface area contributed by atoms with E-state index in [9.17, 15) is 0 Å². The number of hydrogen-bond donors (Lipinski definition) is 0. The van der Waals surface area contributed by atoms with Gasteiger partial charge in [0.2, 0.25) is 0 Å². The van der Waals surface area contributed by atoms with Crippen molar-refractivity contribution < 1.29 is 14.3 Å². The summed E-state index contributed by atoms with van der Waals surface area (Å²) in [6.45, 7) is 6.13. The molecule has 76 valence electrons. The average Bonchev–Trinajstić information content (AvgIpc) is 2.22. The van der Waals surface area contributed by atoms with Crippen LogP contribution in [0.4, 0.5) is 0 Å². The van der Waals surface area contributed by atoms with Gasteiger partial charge in [-0.1, -0.05) is 24.8 Å². The van der Waals surface area contributed by atoms with Crippen LogP contribution in [0, 0.1) is 0 Å². The second-order valence-corrected chi connectivity index (χ2v) is 2.15. The first-order chi connectivity index (χ1) is 6.85. The van der Waals surface area contributed by atoms with Crippen LogP contribution >= 0.6 is 0 Å². The third kappa shape index (κ3) is 6.91. The standard InChI is InChI=1S/C8H10O.C3H4O2/c1-2-9-8-6-4-3-5-7-8;1-2-5-3-4/h3-7H,2H2,1H3;2-3H,1H2. The Morgan fingerprint density at radius 2 is 2.00 bits per heavy atom. The van der Waals surface area contributed by atoms with E-state index in [-0.39, 0.29) is 0 Å². The molecular weight excluding hydrogens is 180 g/mol. The lowest BCUT2D eigenvalue weighted by Crippen LogP contribution is -1.89. The topological polar surface area (TPSA) is 35.5 Å². The van der Waals surface area contributed by atoms with Crippen molar-refractivity contribution in [1.29, 1.82) is 0 Å². The van der Waals surface area contributed by atoms with Crippen molar-refractivity contribution in [3.05, 3.63) is 43.2 Å². The number of carbonyl (C=O) groups is 1. The third-order valence-corrected chi connectivity index (χ3v) is 1.21. The van der Waals surface area contributed by atoms with Crippen LogP contribution in [0.3, 0.4) is 0 Å². The highest BCUT2D eigenvalue weighted by molar-refractivity contribution is 5.37. The number of hydrogen-bond acceptors (Lipinski definition) is 3. The summed E-state index contributed by atoms with van der Waals surface area (Å²) in [6, 6.07) is 9.80. The molecule has 0 bridgehead atoms. The number of carbonyl (C=O) groups excluding carboxylic acids is 1. The molecule has 1 aromatic carbocycles. The molecule has 0 aromatic heterocycles. The van der Waals surface area contributed by atoms with Gasteiger partial charge in [0, 0.05) is 0 Å². The molecule has 0 N–H and O–H groups in total. The van der Waals surface area contributed by atoms with E-state index in [0.29, 0.717) is 6.47 Å². The van der Waals surface area contributed by atoms with Gasteiger partial charge >= 0.3 is 0 Å². The van der Waals surface area contributed by atoms with Gasteiger partial charge in [-0.25, -0.2) is 0 Å². The van der Waals surface area contributed by atoms with Gasteiger partial charge in [-0.3, -0.25) is 4.79 Å². The van der Waals surface area contributed by atoms with Gasteiger partial charge in [0.15, 0.2) is 0 Å². The van der Waals surface area contributed by atoms with Gasteiger partial charge < -0.3 is 9.47 Å². The molecule has 0 spiro atoms. The molecule has 0 saturated heterocycles. The lowest BCUT2D eigenvalue weighted by atomic mass is 10.3. The molecule has 0 aliphatic heterocycles. The summed E-state index contributed by atoms with van der Waals surface area (Å²) < 4.78 is 9.12. The Morgan fingerprint density at radius 1 is 1.36 bits per heavy atom. The minimum absolute atomic E-state index is 0.312. The zero-order chi connectivity index (χ0) is 10.6. The molecule has 0 radical (unpaired) electrons. The van der Waals surface area contributed by atoms with Crippen molar-refractivity contribution in [3.63, 3.8) is 0 Å². The van der Waals surface area contributed by atoms with Gasteiger partial charge in [-0.15, -0.1) is 0 Å². The second-order valence-electron chi connectivity index (χ2n) is 2.15. The summed E-state index contributed by atoms with van der Waals surface area (Å²) >= 11 is 0. The smallest absolute Gasteiger partial charge is 0.297 e. The quantitative estimate of drug-likeness (QED) is 0.545. The summed E-state index contributed by atoms with van der Waals surface area (Å²) in [5.74, 6) is 0.944. The number of para-hydroxylation sites is 1. The van der Waals surface area contributed by atoms with Crippen LogP contribution in [0.1, 0.15) is 6.92 Å². The first-order valence-electron chi connectivity index (χ1n) is 4.23. The van der Waals surface area contributed by atoms with Crippen LogP contribution in [0.15, 0.2) is 43.2 Å². The fraction of sp³-hybridized carbons (Fsp3) is 0.182. The first-order valence-corrected chi connectivity index (χ1v) is 4.23. The SMILES string of the molecule is C=COC=O.CCOc1ccccc1. The summed E-state index contributed by atoms with van der Waals surface area (Å²) in [5.41, 5.74) is 0. The Kier molecular flexibility index (Phi) is 8.14. The maximum Gasteiger partial charge on any atom is 0.297 e. The molecule has 0 fully saturated rings. The molecule has 14 heavy (non-hydrogen) atoms. The molecule has 1 rings (SSSR count). The van der Waals surface area contributed by atoms with Crippen LogP contribution < -0.4 is 4.74 Å². The maximum absolute atomic E-state index is 9.11. The summed E-state index contributed by atoms with van der Waals surface area (Å²) in [7, 11) is 0. The molecule has 0 aliphatic carbocycles. The molecule has 0 unspecified atom stereocenters. The Balaban J connectivity index is 0.000000292. The third-order valence-electron chi connectivity index (χ3n) is 1.21. The largest absolute Gasteiger partial charge is 0.494 e. The minimum atomic E-state index is 0.312. The first kappa shape index (κ1) is 12.2. The van der Waals surface area contributed by atoms with Gasteiger partial charge in [-0.05, 0) is 19.1 Å². The fourth-order valence-corrected chi connectivity index (χ4v) is 0.723. The second kappa shape index (κ2) is 9.32. The van der Waals surface area contributed by atoms with E-state index < -0.39 is 0 Å². The van der Waals surface area contributed by atoms with Crippen molar-refractivity contribution in [3.8, 4) is 5.75 Å². The van der Waals surface area contributed by atoms with E-state index in [0.717, 1.165) is 18.6 Å². The van der Waals surface area contributed by atoms with Crippen molar-refractivity contribution in [1.82, 2.24) is 0 Å². The van der Waals surface area contributed by atoms with E-state index in [1.54, 1.807) is 0 Å². The van der Waals surface area contributed by atoms with Crippen molar-refractivity contribution >= 4 is 6.47 Å². The van der Waals surface area contributed by atoms with Crippen LogP contribution in [0.25, 0.3) is 0 Å². The maximum atomic E-state index is 9.11. The highest BCUT2D eigenvalue weighted by Gasteiger charge is 1.83. The van der Waals surface area contributed by atoms with Crippen LogP contribution in [0.2, 0.25) is 0 Å². The van der Waals surface area contributed by atoms with Gasteiger partial charge in [0.05, 0.1) is 12.9 Å². The monoisotopic (exact) mass is 194 g/mol. The van der Waals surface area contributed by atoms with Crippen LogP contribution in [0.5, 0.6) is 5.75 Å². The predicted octanol–water partition coefficient (Wildman–Crippen LogP) is 2.39. The fourth-order valence-electron chi connectivity index (χ4n) is 0.723. The van der Waals surface area contributed by atoms with Crippen molar-refractivity contribution in [2.75, 3.05) is 6.61 Å². The van der Waals surface area contributed by atoms with E-state index >= 15 is 0 Å². The zero-order valence-corrected chi connectivity index (χ0v) is 8.18. The molecule has 0 aliphatic rings. The van der Waals surface area contributed by atoms with Gasteiger partial charge in [0.1, 0.15) is 5.75 Å². The molecule has 3 heteroatoms. The number of rotatable bonds is 4. The minimum Gasteiger partial charge on any atom is -0.494 e. The summed E-state index contributed by atoms with van der Waals surface area (Å²) in [5, 5.41) is 0. The van der Waals surface area contributed by atoms with E-state index in [2.05, 4.69) is 11.3 Å². The highest BCUT2D eigenvalue weighted by atomic mass is 16.5. The van der Waals surface area contributed by atoms with E-state index in [4.69, 9.17) is 9.53 Å². The van der Waals surface area contributed by atoms with Gasteiger partial charge in [0.25, 0.3) is 6.47 Å². The number of ether oxygens (including phenoxy) is 2. The summed E-state index contributed by atoms with van der Waals surface area (Å²) in [6.07, 6.45) is 1.06. The van der Waals surface area contributed by atoms with Crippen molar-refractivity contribution in [2.24, 2.45) is 0 Å². The Hall–Kier alpha value is -1.77. The lowest BCUT2D eigenvalue weighted by Gasteiger charge is -1.99. The molecular formula is C11H14O3.